The van der Waals surface area contributed by atoms with Crippen LogP contribution in [0, 0.1) is 12.7 Å². The van der Waals surface area contributed by atoms with Crippen LogP contribution in [0.5, 0.6) is 0 Å². The van der Waals surface area contributed by atoms with Crippen LogP contribution in [0.25, 0.3) is 0 Å². The molecular formula is C19H25FN2. The molecular weight excluding hydrogens is 275 g/mol. The van der Waals surface area contributed by atoms with Crippen LogP contribution in [0.4, 0.5) is 4.39 Å². The van der Waals surface area contributed by atoms with Crippen LogP contribution in [0.1, 0.15) is 41.9 Å². The van der Waals surface area contributed by atoms with Crippen molar-refractivity contribution in [2.45, 2.75) is 46.6 Å². The van der Waals surface area contributed by atoms with E-state index in [-0.39, 0.29) is 5.82 Å². The van der Waals surface area contributed by atoms with Crippen LogP contribution in [0.2, 0.25) is 0 Å². The molecule has 2 nitrogen and oxygen atoms in total. The van der Waals surface area contributed by atoms with Crippen LogP contribution in [-0.4, -0.2) is 11.5 Å². The number of hydrogen-bond donors (Lipinski definition) is 1. The Hall–Kier alpha value is -1.74. The van der Waals surface area contributed by atoms with Gasteiger partial charge in [-0.25, -0.2) is 4.39 Å². The van der Waals surface area contributed by atoms with Gasteiger partial charge in [-0.1, -0.05) is 26.0 Å². The summed E-state index contributed by atoms with van der Waals surface area (Å²) in [6.45, 7) is 7.74. The first kappa shape index (κ1) is 16.6. The largest absolute Gasteiger partial charge is 0.312 e. The fourth-order valence-corrected chi connectivity index (χ4v) is 2.66. The maximum atomic E-state index is 13.3. The summed E-state index contributed by atoms with van der Waals surface area (Å²) < 4.78 is 13.3. The van der Waals surface area contributed by atoms with Gasteiger partial charge in [0.1, 0.15) is 5.82 Å². The van der Waals surface area contributed by atoms with E-state index in [2.05, 4.69) is 31.3 Å². The summed E-state index contributed by atoms with van der Waals surface area (Å²) in [4.78, 5) is 4.73. The first-order valence-corrected chi connectivity index (χ1v) is 8.06. The Balaban J connectivity index is 1.90. The molecule has 1 N–H and O–H groups in total. The summed E-state index contributed by atoms with van der Waals surface area (Å²) in [7, 11) is 0. The number of rotatable bonds is 7. The van der Waals surface area contributed by atoms with Crippen LogP contribution < -0.4 is 5.32 Å². The second-order valence-corrected chi connectivity index (χ2v) is 5.68. The van der Waals surface area contributed by atoms with Crippen LogP contribution in [0.3, 0.4) is 0 Å². The average molecular weight is 300 g/mol. The van der Waals surface area contributed by atoms with Crippen LogP contribution in [0.15, 0.2) is 30.3 Å². The van der Waals surface area contributed by atoms with Gasteiger partial charge in [-0.05, 0) is 54.7 Å². The molecule has 0 aliphatic rings. The summed E-state index contributed by atoms with van der Waals surface area (Å²) in [6, 6.07) is 9.47. The fourth-order valence-electron chi connectivity index (χ4n) is 2.66. The minimum atomic E-state index is -0.164. The van der Waals surface area contributed by atoms with Crippen molar-refractivity contribution in [3.05, 3.63) is 64.2 Å². The fraction of sp³-hybridized carbons (Fsp3) is 0.421. The van der Waals surface area contributed by atoms with E-state index in [1.165, 1.54) is 11.3 Å². The molecule has 0 saturated carbocycles. The summed E-state index contributed by atoms with van der Waals surface area (Å²) in [5, 5.41) is 3.39. The van der Waals surface area contributed by atoms with Gasteiger partial charge < -0.3 is 5.32 Å². The van der Waals surface area contributed by atoms with Gasteiger partial charge in [0, 0.05) is 30.9 Å². The minimum absolute atomic E-state index is 0.164. The van der Waals surface area contributed by atoms with Crippen molar-refractivity contribution in [3.63, 3.8) is 0 Å². The molecule has 0 spiro atoms. The lowest BCUT2D eigenvalue weighted by Crippen LogP contribution is -2.18. The highest BCUT2D eigenvalue weighted by Gasteiger charge is 2.04. The summed E-state index contributed by atoms with van der Waals surface area (Å²) in [5.74, 6) is -0.164. The SMILES string of the molecule is CCc1ccc(CC)c(CCNCc2cc(C)cc(F)c2)n1. The van der Waals surface area contributed by atoms with Crippen molar-refractivity contribution in [3.8, 4) is 0 Å². The Morgan fingerprint density at radius 2 is 1.91 bits per heavy atom. The number of nitrogens with zero attached hydrogens (tertiary/aromatic N) is 1. The molecule has 1 heterocycles. The van der Waals surface area contributed by atoms with Gasteiger partial charge in [-0.15, -0.1) is 0 Å². The third-order valence-corrected chi connectivity index (χ3v) is 3.84. The normalized spacial score (nSPS) is 10.9. The Kier molecular flexibility index (Phi) is 6.08. The zero-order valence-corrected chi connectivity index (χ0v) is 13.7. The Morgan fingerprint density at radius 3 is 2.59 bits per heavy atom. The van der Waals surface area contributed by atoms with Crippen LogP contribution in [-0.2, 0) is 25.8 Å². The molecule has 0 aliphatic carbocycles. The number of nitrogens with one attached hydrogen (secondary N) is 1. The molecule has 2 rings (SSSR count). The number of hydrogen-bond acceptors (Lipinski definition) is 2. The molecule has 0 saturated heterocycles. The third kappa shape index (κ3) is 4.63. The van der Waals surface area contributed by atoms with E-state index in [4.69, 9.17) is 4.98 Å². The van der Waals surface area contributed by atoms with Crippen molar-refractivity contribution in [2.24, 2.45) is 0 Å². The number of pyridine rings is 1. The summed E-state index contributed by atoms with van der Waals surface area (Å²) >= 11 is 0. The highest BCUT2D eigenvalue weighted by molar-refractivity contribution is 5.24. The van der Waals surface area contributed by atoms with E-state index in [0.717, 1.165) is 42.6 Å². The van der Waals surface area contributed by atoms with E-state index in [1.54, 1.807) is 12.1 Å². The molecule has 1 aromatic heterocycles. The van der Waals surface area contributed by atoms with Gasteiger partial charge in [-0.2, -0.15) is 0 Å². The summed E-state index contributed by atoms with van der Waals surface area (Å²) in [6.07, 6.45) is 2.88. The smallest absolute Gasteiger partial charge is 0.123 e. The zero-order chi connectivity index (χ0) is 15.9. The molecule has 22 heavy (non-hydrogen) atoms. The van der Waals surface area contributed by atoms with Crippen molar-refractivity contribution < 1.29 is 4.39 Å². The van der Waals surface area contributed by atoms with Crippen molar-refractivity contribution in [1.82, 2.24) is 10.3 Å². The van der Waals surface area contributed by atoms with Crippen LogP contribution >= 0.6 is 0 Å². The molecule has 2 aromatic rings. The molecule has 0 unspecified atom stereocenters. The second-order valence-electron chi connectivity index (χ2n) is 5.68. The standard InChI is InChI=1S/C19H25FN2/c1-4-16-6-7-18(5-2)22-19(16)8-9-21-13-15-10-14(3)11-17(20)12-15/h6-7,10-12,21H,4-5,8-9,13H2,1-3H3. The molecule has 0 amide bonds. The topological polar surface area (TPSA) is 24.9 Å². The number of benzene rings is 1. The molecule has 0 aliphatic heterocycles. The minimum Gasteiger partial charge on any atom is -0.312 e. The molecule has 0 atom stereocenters. The Morgan fingerprint density at radius 1 is 1.09 bits per heavy atom. The lowest BCUT2D eigenvalue weighted by Gasteiger charge is -2.10. The van der Waals surface area contributed by atoms with Gasteiger partial charge >= 0.3 is 0 Å². The average Bonchev–Trinajstić information content (AvgIpc) is 2.50. The van der Waals surface area contributed by atoms with Gasteiger partial charge in [0.2, 0.25) is 0 Å². The molecule has 0 bridgehead atoms. The van der Waals surface area contributed by atoms with Gasteiger partial charge in [0.25, 0.3) is 0 Å². The number of halogens is 1. The van der Waals surface area contributed by atoms with Crippen molar-refractivity contribution in [2.75, 3.05) is 6.54 Å². The Labute approximate surface area is 132 Å². The van der Waals surface area contributed by atoms with E-state index in [1.807, 2.05) is 13.0 Å². The number of aryl methyl sites for hydroxylation is 3. The number of aromatic nitrogens is 1. The van der Waals surface area contributed by atoms with E-state index in [0.29, 0.717) is 6.54 Å². The molecule has 0 radical (unpaired) electrons. The van der Waals surface area contributed by atoms with Gasteiger partial charge in [0.05, 0.1) is 0 Å². The first-order chi connectivity index (χ1) is 10.6. The molecule has 1 aromatic carbocycles. The predicted molar refractivity (Wildman–Crippen MR) is 89.5 cm³/mol. The van der Waals surface area contributed by atoms with E-state index < -0.39 is 0 Å². The quantitative estimate of drug-likeness (QED) is 0.782. The van der Waals surface area contributed by atoms with Gasteiger partial charge in [-0.3, -0.25) is 4.98 Å². The lowest BCUT2D eigenvalue weighted by atomic mass is 10.1. The van der Waals surface area contributed by atoms with Gasteiger partial charge in [0.15, 0.2) is 0 Å². The van der Waals surface area contributed by atoms with Crippen molar-refractivity contribution >= 4 is 0 Å². The Bertz CT molecular complexity index is 603. The zero-order valence-electron chi connectivity index (χ0n) is 13.7. The third-order valence-electron chi connectivity index (χ3n) is 3.84. The highest BCUT2D eigenvalue weighted by Crippen LogP contribution is 2.11. The molecule has 3 heteroatoms. The monoisotopic (exact) mass is 300 g/mol. The maximum absolute atomic E-state index is 13.3. The molecule has 0 fully saturated rings. The van der Waals surface area contributed by atoms with E-state index >= 15 is 0 Å². The first-order valence-electron chi connectivity index (χ1n) is 8.06. The molecule has 118 valence electrons. The second kappa shape index (κ2) is 8.04. The summed E-state index contributed by atoms with van der Waals surface area (Å²) in [5.41, 5.74) is 5.60. The lowest BCUT2D eigenvalue weighted by molar-refractivity contribution is 0.618. The highest BCUT2D eigenvalue weighted by atomic mass is 19.1. The van der Waals surface area contributed by atoms with Crippen molar-refractivity contribution in [1.29, 1.82) is 0 Å². The maximum Gasteiger partial charge on any atom is 0.123 e. The van der Waals surface area contributed by atoms with E-state index in [9.17, 15) is 4.39 Å². The predicted octanol–water partition coefficient (Wildman–Crippen LogP) is 3.99.